The third kappa shape index (κ3) is 3.70. The van der Waals surface area contributed by atoms with Crippen molar-refractivity contribution in [1.29, 1.82) is 0 Å². The normalized spacial score (nSPS) is 11.5. The van der Waals surface area contributed by atoms with Gasteiger partial charge in [-0.15, -0.1) is 5.10 Å². The Morgan fingerprint density at radius 2 is 2.29 bits per heavy atom. The first kappa shape index (κ1) is 13.4. The molecule has 0 aromatic carbocycles. The first-order chi connectivity index (χ1) is 7.85. The Morgan fingerprint density at radius 3 is 2.82 bits per heavy atom. The van der Waals surface area contributed by atoms with E-state index in [9.17, 15) is 10.1 Å². The van der Waals surface area contributed by atoms with Crippen LogP contribution in [0.2, 0.25) is 0 Å². The molecular formula is C10H18N4O3. The standard InChI is InChI=1S/C10H18N4O3/c1-10(2,4-5-15)7-11-9-8(14(16)17)6-13(3)12-9/h6,15H,4-5,7H2,1-3H3,(H,11,12). The van der Waals surface area contributed by atoms with Gasteiger partial charge in [0.2, 0.25) is 5.82 Å². The van der Waals surface area contributed by atoms with Crippen molar-refractivity contribution in [2.24, 2.45) is 12.5 Å². The van der Waals surface area contributed by atoms with Crippen LogP contribution in [-0.2, 0) is 7.05 Å². The van der Waals surface area contributed by atoms with E-state index in [4.69, 9.17) is 5.11 Å². The van der Waals surface area contributed by atoms with E-state index >= 15 is 0 Å². The number of hydrogen-bond donors (Lipinski definition) is 2. The molecule has 0 saturated heterocycles. The average molecular weight is 242 g/mol. The summed E-state index contributed by atoms with van der Waals surface area (Å²) in [5, 5.41) is 26.6. The Balaban J connectivity index is 2.72. The molecule has 0 aliphatic heterocycles. The largest absolute Gasteiger partial charge is 0.396 e. The number of nitro groups is 1. The molecule has 1 rings (SSSR count). The fraction of sp³-hybridized carbons (Fsp3) is 0.700. The van der Waals surface area contributed by atoms with Crippen LogP contribution in [0.3, 0.4) is 0 Å². The van der Waals surface area contributed by atoms with Crippen LogP contribution >= 0.6 is 0 Å². The van der Waals surface area contributed by atoms with Crippen LogP contribution in [0, 0.1) is 15.5 Å². The molecule has 1 heterocycles. The fourth-order valence-electron chi connectivity index (χ4n) is 1.45. The van der Waals surface area contributed by atoms with Crippen molar-refractivity contribution in [2.45, 2.75) is 20.3 Å². The molecule has 0 atom stereocenters. The SMILES string of the molecule is Cn1cc([N+](=O)[O-])c(NCC(C)(C)CCO)n1. The predicted octanol–water partition coefficient (Wildman–Crippen LogP) is 1.15. The van der Waals surface area contributed by atoms with E-state index in [0.717, 1.165) is 0 Å². The first-order valence-electron chi connectivity index (χ1n) is 5.38. The van der Waals surface area contributed by atoms with E-state index in [-0.39, 0.29) is 23.5 Å². The van der Waals surface area contributed by atoms with Crippen LogP contribution in [0.4, 0.5) is 11.5 Å². The number of rotatable bonds is 6. The van der Waals surface area contributed by atoms with Crippen LogP contribution in [0.15, 0.2) is 6.20 Å². The third-order valence-electron chi connectivity index (χ3n) is 2.53. The van der Waals surface area contributed by atoms with Crippen molar-refractivity contribution >= 4 is 11.5 Å². The maximum atomic E-state index is 10.8. The smallest absolute Gasteiger partial charge is 0.330 e. The molecular weight excluding hydrogens is 224 g/mol. The maximum absolute atomic E-state index is 10.8. The van der Waals surface area contributed by atoms with E-state index in [0.29, 0.717) is 13.0 Å². The Labute approximate surface area is 99.6 Å². The molecule has 1 aromatic heterocycles. The highest BCUT2D eigenvalue weighted by Gasteiger charge is 2.22. The van der Waals surface area contributed by atoms with Gasteiger partial charge in [0.15, 0.2) is 0 Å². The van der Waals surface area contributed by atoms with Crippen molar-refractivity contribution in [1.82, 2.24) is 9.78 Å². The first-order valence-corrected chi connectivity index (χ1v) is 5.38. The zero-order valence-corrected chi connectivity index (χ0v) is 10.3. The number of aliphatic hydroxyl groups excluding tert-OH is 1. The minimum absolute atomic E-state index is 0.0349. The number of anilines is 1. The molecule has 0 amide bonds. The summed E-state index contributed by atoms with van der Waals surface area (Å²) < 4.78 is 1.40. The molecule has 0 fully saturated rings. The summed E-state index contributed by atoms with van der Waals surface area (Å²) >= 11 is 0. The van der Waals surface area contributed by atoms with Crippen LogP contribution < -0.4 is 5.32 Å². The van der Waals surface area contributed by atoms with Gasteiger partial charge in [0.1, 0.15) is 6.20 Å². The Morgan fingerprint density at radius 1 is 1.65 bits per heavy atom. The van der Waals surface area contributed by atoms with E-state index < -0.39 is 4.92 Å². The van der Waals surface area contributed by atoms with Crippen LogP contribution in [0.5, 0.6) is 0 Å². The van der Waals surface area contributed by atoms with Crippen LogP contribution in [0.25, 0.3) is 0 Å². The highest BCUT2D eigenvalue weighted by Crippen LogP contribution is 2.25. The lowest BCUT2D eigenvalue weighted by atomic mass is 9.90. The zero-order valence-electron chi connectivity index (χ0n) is 10.3. The highest BCUT2D eigenvalue weighted by molar-refractivity contribution is 5.54. The number of aryl methyl sites for hydroxylation is 1. The minimum Gasteiger partial charge on any atom is -0.396 e. The summed E-state index contributed by atoms with van der Waals surface area (Å²) in [5.74, 6) is 0.267. The third-order valence-corrected chi connectivity index (χ3v) is 2.53. The van der Waals surface area contributed by atoms with E-state index in [1.54, 1.807) is 7.05 Å². The molecule has 7 heteroatoms. The topological polar surface area (TPSA) is 93.2 Å². The summed E-state index contributed by atoms with van der Waals surface area (Å²) in [7, 11) is 1.64. The molecule has 0 spiro atoms. The summed E-state index contributed by atoms with van der Waals surface area (Å²) in [5.41, 5.74) is -0.174. The van der Waals surface area contributed by atoms with Crippen molar-refractivity contribution in [3.63, 3.8) is 0 Å². The second kappa shape index (κ2) is 5.13. The number of aliphatic hydroxyl groups is 1. The van der Waals surface area contributed by atoms with Gasteiger partial charge in [-0.1, -0.05) is 13.8 Å². The maximum Gasteiger partial charge on any atom is 0.330 e. The molecule has 17 heavy (non-hydrogen) atoms. The van der Waals surface area contributed by atoms with Crippen LogP contribution in [-0.4, -0.2) is 33.0 Å². The van der Waals surface area contributed by atoms with Gasteiger partial charge in [-0.2, -0.15) is 0 Å². The van der Waals surface area contributed by atoms with Crippen molar-refractivity contribution < 1.29 is 10.0 Å². The molecule has 1 aromatic rings. The van der Waals surface area contributed by atoms with Gasteiger partial charge in [0, 0.05) is 20.2 Å². The second-order valence-corrected chi connectivity index (χ2v) is 4.79. The molecule has 0 radical (unpaired) electrons. The van der Waals surface area contributed by atoms with Gasteiger partial charge in [0.25, 0.3) is 0 Å². The molecule has 0 saturated carbocycles. The summed E-state index contributed by atoms with van der Waals surface area (Å²) in [4.78, 5) is 10.3. The monoisotopic (exact) mass is 242 g/mol. The Kier molecular flexibility index (Phi) is 4.06. The molecule has 96 valence electrons. The molecule has 0 unspecified atom stereocenters. The minimum atomic E-state index is -0.464. The highest BCUT2D eigenvalue weighted by atomic mass is 16.6. The average Bonchev–Trinajstić information content (AvgIpc) is 2.57. The van der Waals surface area contributed by atoms with E-state index in [2.05, 4.69) is 10.4 Å². The lowest BCUT2D eigenvalue weighted by Crippen LogP contribution is -2.24. The summed E-state index contributed by atoms with van der Waals surface area (Å²) in [6.07, 6.45) is 1.99. The van der Waals surface area contributed by atoms with Crippen molar-refractivity contribution in [3.05, 3.63) is 16.3 Å². The lowest BCUT2D eigenvalue weighted by Gasteiger charge is -2.23. The van der Waals surface area contributed by atoms with Gasteiger partial charge >= 0.3 is 5.69 Å². The summed E-state index contributed by atoms with van der Waals surface area (Å²) in [6.45, 7) is 4.57. The summed E-state index contributed by atoms with van der Waals surface area (Å²) in [6, 6.07) is 0. The number of aromatic nitrogens is 2. The molecule has 2 N–H and O–H groups in total. The second-order valence-electron chi connectivity index (χ2n) is 4.79. The van der Waals surface area contributed by atoms with Crippen molar-refractivity contribution in [3.8, 4) is 0 Å². The lowest BCUT2D eigenvalue weighted by molar-refractivity contribution is -0.384. The van der Waals surface area contributed by atoms with Gasteiger partial charge < -0.3 is 10.4 Å². The van der Waals surface area contributed by atoms with E-state index in [1.165, 1.54) is 10.9 Å². The molecule has 0 aliphatic rings. The molecule has 0 bridgehead atoms. The van der Waals surface area contributed by atoms with Crippen molar-refractivity contribution in [2.75, 3.05) is 18.5 Å². The molecule has 7 nitrogen and oxygen atoms in total. The van der Waals surface area contributed by atoms with Crippen LogP contribution in [0.1, 0.15) is 20.3 Å². The quantitative estimate of drug-likeness (QED) is 0.576. The fourth-order valence-corrected chi connectivity index (χ4v) is 1.45. The van der Waals surface area contributed by atoms with Gasteiger partial charge in [-0.3, -0.25) is 14.8 Å². The van der Waals surface area contributed by atoms with E-state index in [1.807, 2.05) is 13.8 Å². The predicted molar refractivity (Wildman–Crippen MR) is 63.8 cm³/mol. The number of nitrogens with zero attached hydrogens (tertiary/aromatic N) is 3. The van der Waals surface area contributed by atoms with Gasteiger partial charge in [-0.05, 0) is 11.8 Å². The zero-order chi connectivity index (χ0) is 13.1. The Hall–Kier alpha value is -1.63. The Bertz CT molecular complexity index is 400. The number of nitrogens with one attached hydrogen (secondary N) is 1. The number of hydrogen-bond acceptors (Lipinski definition) is 5. The van der Waals surface area contributed by atoms with Gasteiger partial charge in [-0.25, -0.2) is 0 Å². The molecule has 0 aliphatic carbocycles. The van der Waals surface area contributed by atoms with Gasteiger partial charge in [0.05, 0.1) is 4.92 Å².